The van der Waals surface area contributed by atoms with Gasteiger partial charge in [0.1, 0.15) is 5.76 Å². The van der Waals surface area contributed by atoms with Gasteiger partial charge in [0.2, 0.25) is 0 Å². The summed E-state index contributed by atoms with van der Waals surface area (Å²) in [6.45, 7) is 7.32. The number of nitrogens with one attached hydrogen (secondary N) is 1. The van der Waals surface area contributed by atoms with Crippen molar-refractivity contribution in [2.45, 2.75) is 39.3 Å². The first-order valence-corrected chi connectivity index (χ1v) is 8.78. The summed E-state index contributed by atoms with van der Waals surface area (Å²) < 4.78 is 5.03. The summed E-state index contributed by atoms with van der Waals surface area (Å²) in [5.74, 6) is 1.12. The standard InChI is InChI=1S/C18H25N5O2/c1-3-22-10-4-5-16(22)13-23(12-15-6-8-19-9-7-15)18(24)20-17-11-14(2)25-21-17/h6-9,11,16H,3-5,10,12-13H2,1-2H3,(H,20,21,24). The lowest BCUT2D eigenvalue weighted by Gasteiger charge is -2.30. The average molecular weight is 343 g/mol. The second-order valence-corrected chi connectivity index (χ2v) is 6.41. The first-order chi connectivity index (χ1) is 12.2. The fourth-order valence-corrected chi connectivity index (χ4v) is 3.31. The number of rotatable bonds is 6. The zero-order valence-electron chi connectivity index (χ0n) is 14.8. The number of hydrogen-bond donors (Lipinski definition) is 1. The number of nitrogens with zero attached hydrogens (tertiary/aromatic N) is 4. The van der Waals surface area contributed by atoms with Crippen molar-refractivity contribution in [2.24, 2.45) is 0 Å². The molecule has 25 heavy (non-hydrogen) atoms. The van der Waals surface area contributed by atoms with Crippen molar-refractivity contribution < 1.29 is 9.32 Å². The van der Waals surface area contributed by atoms with Crippen LogP contribution in [0, 0.1) is 6.92 Å². The number of likely N-dealkylation sites (tertiary alicyclic amines) is 1. The van der Waals surface area contributed by atoms with Crippen LogP contribution in [0.15, 0.2) is 35.1 Å². The van der Waals surface area contributed by atoms with Crippen LogP contribution in [-0.4, -0.2) is 51.6 Å². The van der Waals surface area contributed by atoms with E-state index in [1.54, 1.807) is 25.4 Å². The molecule has 1 atom stereocenters. The SMILES string of the molecule is CCN1CCCC1CN(Cc1ccncc1)C(=O)Nc1cc(C)on1. The molecule has 0 bridgehead atoms. The maximum atomic E-state index is 12.8. The van der Waals surface area contributed by atoms with E-state index in [-0.39, 0.29) is 6.03 Å². The highest BCUT2D eigenvalue weighted by atomic mass is 16.5. The fourth-order valence-electron chi connectivity index (χ4n) is 3.31. The number of hydrogen-bond acceptors (Lipinski definition) is 5. The predicted octanol–water partition coefficient (Wildman–Crippen LogP) is 2.90. The van der Waals surface area contributed by atoms with Crippen LogP contribution >= 0.6 is 0 Å². The Morgan fingerprint density at radius 2 is 2.24 bits per heavy atom. The second-order valence-electron chi connectivity index (χ2n) is 6.41. The van der Waals surface area contributed by atoms with Gasteiger partial charge in [0.25, 0.3) is 0 Å². The van der Waals surface area contributed by atoms with Gasteiger partial charge in [-0.25, -0.2) is 4.79 Å². The van der Waals surface area contributed by atoms with E-state index < -0.39 is 0 Å². The van der Waals surface area contributed by atoms with E-state index in [1.807, 2.05) is 17.0 Å². The molecule has 1 N–H and O–H groups in total. The van der Waals surface area contributed by atoms with E-state index in [2.05, 4.69) is 27.3 Å². The van der Waals surface area contributed by atoms with Crippen LogP contribution in [0.25, 0.3) is 0 Å². The molecule has 7 nitrogen and oxygen atoms in total. The molecule has 3 heterocycles. The van der Waals surface area contributed by atoms with E-state index in [0.29, 0.717) is 30.7 Å². The summed E-state index contributed by atoms with van der Waals surface area (Å²) in [6.07, 6.45) is 5.81. The molecule has 134 valence electrons. The molecule has 0 aliphatic carbocycles. The number of amides is 2. The van der Waals surface area contributed by atoms with E-state index in [0.717, 1.165) is 25.1 Å². The molecule has 0 radical (unpaired) electrons. The van der Waals surface area contributed by atoms with Gasteiger partial charge in [0.05, 0.1) is 0 Å². The predicted molar refractivity (Wildman–Crippen MR) is 95.2 cm³/mol. The minimum Gasteiger partial charge on any atom is -0.360 e. The van der Waals surface area contributed by atoms with Gasteiger partial charge >= 0.3 is 6.03 Å². The molecule has 1 aliphatic heterocycles. The lowest BCUT2D eigenvalue weighted by atomic mass is 10.2. The Kier molecular flexibility index (Phi) is 5.65. The minimum absolute atomic E-state index is 0.159. The van der Waals surface area contributed by atoms with Crippen LogP contribution < -0.4 is 5.32 Å². The minimum atomic E-state index is -0.159. The lowest BCUT2D eigenvalue weighted by Crippen LogP contribution is -2.44. The van der Waals surface area contributed by atoms with Crippen molar-refractivity contribution in [3.8, 4) is 0 Å². The Labute approximate surface area is 148 Å². The van der Waals surface area contributed by atoms with Crippen molar-refractivity contribution >= 4 is 11.8 Å². The molecule has 0 saturated carbocycles. The highest BCUT2D eigenvalue weighted by molar-refractivity contribution is 5.88. The van der Waals surface area contributed by atoms with E-state index in [4.69, 9.17) is 4.52 Å². The van der Waals surface area contributed by atoms with Gasteiger partial charge in [-0.3, -0.25) is 15.2 Å². The second kappa shape index (κ2) is 8.11. The van der Waals surface area contributed by atoms with Crippen LogP contribution in [0.3, 0.4) is 0 Å². The van der Waals surface area contributed by atoms with Crippen molar-refractivity contribution in [2.75, 3.05) is 25.0 Å². The van der Waals surface area contributed by atoms with Gasteiger partial charge in [-0.2, -0.15) is 0 Å². The molecule has 1 unspecified atom stereocenters. The molecule has 1 aliphatic rings. The first kappa shape index (κ1) is 17.4. The number of urea groups is 1. The molecule has 2 amide bonds. The third-order valence-corrected chi connectivity index (χ3v) is 4.61. The average Bonchev–Trinajstić information content (AvgIpc) is 3.23. The molecular formula is C18H25N5O2. The Morgan fingerprint density at radius 1 is 1.44 bits per heavy atom. The fraction of sp³-hybridized carbons (Fsp3) is 0.500. The Hall–Kier alpha value is -2.41. The summed E-state index contributed by atoms with van der Waals surface area (Å²) in [5.41, 5.74) is 1.06. The first-order valence-electron chi connectivity index (χ1n) is 8.78. The number of anilines is 1. The Balaban J connectivity index is 1.72. The summed E-state index contributed by atoms with van der Waals surface area (Å²) in [5, 5.41) is 6.69. The van der Waals surface area contributed by atoms with Gasteiger partial charge in [-0.1, -0.05) is 12.1 Å². The molecule has 1 saturated heterocycles. The van der Waals surface area contributed by atoms with Gasteiger partial charge in [-0.15, -0.1) is 0 Å². The Bertz CT molecular complexity index is 688. The molecule has 0 spiro atoms. The maximum Gasteiger partial charge on any atom is 0.323 e. The monoisotopic (exact) mass is 343 g/mol. The van der Waals surface area contributed by atoms with E-state index >= 15 is 0 Å². The van der Waals surface area contributed by atoms with E-state index in [1.165, 1.54) is 6.42 Å². The van der Waals surface area contributed by atoms with Crippen molar-refractivity contribution in [3.63, 3.8) is 0 Å². The molecule has 7 heteroatoms. The smallest absolute Gasteiger partial charge is 0.323 e. The molecular weight excluding hydrogens is 318 g/mol. The van der Waals surface area contributed by atoms with Crippen LogP contribution in [0.5, 0.6) is 0 Å². The maximum absolute atomic E-state index is 12.8. The largest absolute Gasteiger partial charge is 0.360 e. The summed E-state index contributed by atoms with van der Waals surface area (Å²) in [7, 11) is 0. The van der Waals surface area contributed by atoms with Gasteiger partial charge in [-0.05, 0) is 50.6 Å². The highest BCUT2D eigenvalue weighted by Gasteiger charge is 2.27. The van der Waals surface area contributed by atoms with Gasteiger partial charge in [0, 0.05) is 37.6 Å². The van der Waals surface area contributed by atoms with Crippen LogP contribution in [0.2, 0.25) is 0 Å². The lowest BCUT2D eigenvalue weighted by molar-refractivity contribution is 0.174. The van der Waals surface area contributed by atoms with E-state index in [9.17, 15) is 4.79 Å². The van der Waals surface area contributed by atoms with Crippen molar-refractivity contribution in [3.05, 3.63) is 41.9 Å². The number of carbonyl (C=O) groups excluding carboxylic acids is 1. The van der Waals surface area contributed by atoms with Crippen LogP contribution in [-0.2, 0) is 6.54 Å². The summed E-state index contributed by atoms with van der Waals surface area (Å²) in [4.78, 5) is 21.1. The summed E-state index contributed by atoms with van der Waals surface area (Å²) in [6, 6.07) is 5.83. The van der Waals surface area contributed by atoms with Crippen molar-refractivity contribution in [1.82, 2.24) is 19.9 Å². The van der Waals surface area contributed by atoms with Crippen LogP contribution in [0.4, 0.5) is 10.6 Å². The zero-order valence-corrected chi connectivity index (χ0v) is 14.8. The zero-order chi connectivity index (χ0) is 17.6. The van der Waals surface area contributed by atoms with Gasteiger partial charge in [0.15, 0.2) is 5.82 Å². The third kappa shape index (κ3) is 4.57. The Morgan fingerprint density at radius 3 is 2.92 bits per heavy atom. The molecule has 2 aromatic heterocycles. The molecule has 0 aromatic carbocycles. The summed E-state index contributed by atoms with van der Waals surface area (Å²) >= 11 is 0. The highest BCUT2D eigenvalue weighted by Crippen LogP contribution is 2.19. The molecule has 2 aromatic rings. The number of carbonyl (C=O) groups is 1. The number of pyridine rings is 1. The number of likely N-dealkylation sites (N-methyl/N-ethyl adjacent to an activating group) is 1. The molecule has 1 fully saturated rings. The number of aryl methyl sites for hydroxylation is 1. The third-order valence-electron chi connectivity index (χ3n) is 4.61. The molecule has 3 rings (SSSR count). The normalized spacial score (nSPS) is 17.6. The topological polar surface area (TPSA) is 74.5 Å². The van der Waals surface area contributed by atoms with Crippen molar-refractivity contribution in [1.29, 1.82) is 0 Å². The quantitative estimate of drug-likeness (QED) is 0.873. The van der Waals surface area contributed by atoms with Crippen LogP contribution in [0.1, 0.15) is 31.1 Å². The van der Waals surface area contributed by atoms with Gasteiger partial charge < -0.3 is 9.42 Å². The number of aromatic nitrogens is 2.